The Bertz CT molecular complexity index is 1640. The summed E-state index contributed by atoms with van der Waals surface area (Å²) in [6, 6.07) is 6.08. The number of hydrogen-bond acceptors (Lipinski definition) is 10. The van der Waals surface area contributed by atoms with Gasteiger partial charge in [-0.15, -0.1) is 11.3 Å². The molecular formula is C26H28F2N4O7S. The van der Waals surface area contributed by atoms with E-state index in [1.54, 1.807) is 32.9 Å². The standard InChI is InChI=1S/C26H28F2N4O7S/c1-13(2)37-17(15-8-6-7-9-16(15)38-24(27)28)12-31-22-18(14(3)19(40-22)20-30-10-11-36-20)21(33)32(25(31)35)26(4,5)23(34)39-29/h6-11,13,17,24H,12,29H2,1-5H3/t17-/m0/s1. The molecule has 0 aliphatic rings. The van der Waals surface area contributed by atoms with Crippen molar-refractivity contribution in [1.29, 1.82) is 0 Å². The van der Waals surface area contributed by atoms with E-state index in [1.165, 1.54) is 43.0 Å². The van der Waals surface area contributed by atoms with Gasteiger partial charge in [-0.05, 0) is 46.2 Å². The van der Waals surface area contributed by atoms with E-state index in [4.69, 9.17) is 19.8 Å². The molecule has 3 heterocycles. The molecule has 0 unspecified atom stereocenters. The van der Waals surface area contributed by atoms with Crippen LogP contribution in [0, 0.1) is 6.92 Å². The Morgan fingerprint density at radius 2 is 1.93 bits per heavy atom. The molecule has 0 aliphatic carbocycles. The minimum Gasteiger partial charge on any atom is -0.444 e. The summed E-state index contributed by atoms with van der Waals surface area (Å²) in [5.74, 6) is 4.20. The van der Waals surface area contributed by atoms with Gasteiger partial charge < -0.3 is 18.7 Å². The predicted octanol–water partition coefficient (Wildman–Crippen LogP) is 4.11. The number of benzene rings is 1. The first-order chi connectivity index (χ1) is 18.9. The Morgan fingerprint density at radius 1 is 1.23 bits per heavy atom. The van der Waals surface area contributed by atoms with E-state index in [1.807, 2.05) is 0 Å². The van der Waals surface area contributed by atoms with Crippen molar-refractivity contribution in [2.24, 2.45) is 5.90 Å². The lowest BCUT2D eigenvalue weighted by molar-refractivity contribution is -0.153. The Hall–Kier alpha value is -3.88. The SMILES string of the molecule is Cc1c(-c2ncco2)sc2c1c(=O)n(C(C)(C)C(=O)ON)c(=O)n2C[C@H](OC(C)C)c1ccccc1OC(F)F. The number of halogens is 2. The Kier molecular flexibility index (Phi) is 8.23. The monoisotopic (exact) mass is 578 g/mol. The second-order valence-electron chi connectivity index (χ2n) is 9.66. The molecule has 0 bridgehead atoms. The van der Waals surface area contributed by atoms with E-state index in [-0.39, 0.29) is 34.0 Å². The van der Waals surface area contributed by atoms with Gasteiger partial charge in [0.05, 0.1) is 29.1 Å². The number of thiophene rings is 1. The molecule has 0 spiro atoms. The molecule has 0 amide bonds. The first-order valence-corrected chi connectivity index (χ1v) is 13.0. The number of alkyl halides is 2. The fraction of sp³-hybridized carbons (Fsp3) is 0.385. The third-order valence-electron chi connectivity index (χ3n) is 6.27. The highest BCUT2D eigenvalue weighted by Gasteiger charge is 2.37. The van der Waals surface area contributed by atoms with Gasteiger partial charge in [0.15, 0.2) is 0 Å². The number of carbonyl (C=O) groups is 1. The van der Waals surface area contributed by atoms with Gasteiger partial charge in [-0.3, -0.25) is 9.36 Å². The number of nitrogens with zero attached hydrogens (tertiary/aromatic N) is 3. The van der Waals surface area contributed by atoms with E-state index < -0.39 is 41.6 Å². The molecule has 4 aromatic rings. The van der Waals surface area contributed by atoms with Crippen LogP contribution in [0.5, 0.6) is 5.75 Å². The number of oxazole rings is 1. The third-order valence-corrected chi connectivity index (χ3v) is 7.57. The van der Waals surface area contributed by atoms with Crippen molar-refractivity contribution in [3.05, 3.63) is 68.7 Å². The molecule has 0 saturated heterocycles. The number of hydrogen-bond donors (Lipinski definition) is 1. The summed E-state index contributed by atoms with van der Waals surface area (Å²) in [5.41, 5.74) is -2.69. The highest BCUT2D eigenvalue weighted by Crippen LogP contribution is 2.37. The van der Waals surface area contributed by atoms with Crippen LogP contribution in [0.3, 0.4) is 0 Å². The average Bonchev–Trinajstić information content (AvgIpc) is 3.53. The van der Waals surface area contributed by atoms with Crippen LogP contribution in [0.25, 0.3) is 21.0 Å². The Labute approximate surface area is 230 Å². The maximum absolute atomic E-state index is 14.0. The second kappa shape index (κ2) is 11.3. The molecule has 2 N–H and O–H groups in total. The molecule has 1 aromatic carbocycles. The number of fused-ring (bicyclic) bond motifs is 1. The zero-order valence-electron chi connectivity index (χ0n) is 22.3. The van der Waals surface area contributed by atoms with Gasteiger partial charge in [-0.25, -0.2) is 19.1 Å². The lowest BCUT2D eigenvalue weighted by atomic mass is 10.0. The molecule has 14 heteroatoms. The third kappa shape index (κ3) is 5.29. The summed E-state index contributed by atoms with van der Waals surface area (Å²) in [6.07, 6.45) is 1.45. The quantitative estimate of drug-likeness (QED) is 0.275. The summed E-state index contributed by atoms with van der Waals surface area (Å²) in [4.78, 5) is 49.8. The molecule has 0 aliphatic heterocycles. The number of para-hydroxylation sites is 1. The van der Waals surface area contributed by atoms with Crippen molar-refractivity contribution in [2.75, 3.05) is 0 Å². The van der Waals surface area contributed by atoms with Crippen molar-refractivity contribution in [1.82, 2.24) is 14.1 Å². The van der Waals surface area contributed by atoms with Crippen LogP contribution >= 0.6 is 11.3 Å². The van der Waals surface area contributed by atoms with Gasteiger partial charge in [0.25, 0.3) is 5.56 Å². The highest BCUT2D eigenvalue weighted by molar-refractivity contribution is 7.22. The van der Waals surface area contributed by atoms with Crippen LogP contribution in [-0.4, -0.2) is 32.8 Å². The molecule has 0 fully saturated rings. The van der Waals surface area contributed by atoms with Gasteiger partial charge in [-0.1, -0.05) is 18.2 Å². The van der Waals surface area contributed by atoms with Crippen LogP contribution in [0.2, 0.25) is 0 Å². The molecular weight excluding hydrogens is 550 g/mol. The van der Waals surface area contributed by atoms with Gasteiger partial charge in [0.1, 0.15) is 28.5 Å². The maximum Gasteiger partial charge on any atom is 0.387 e. The van der Waals surface area contributed by atoms with Gasteiger partial charge in [0.2, 0.25) is 5.89 Å². The number of aromatic nitrogens is 3. The van der Waals surface area contributed by atoms with Crippen molar-refractivity contribution in [2.45, 2.75) is 65.5 Å². The lowest BCUT2D eigenvalue weighted by Crippen LogP contribution is -2.53. The van der Waals surface area contributed by atoms with Crippen LogP contribution in [-0.2, 0) is 26.5 Å². The summed E-state index contributed by atoms with van der Waals surface area (Å²) in [5, 5.41) is 0.135. The molecule has 3 aromatic heterocycles. The van der Waals surface area contributed by atoms with Crippen molar-refractivity contribution >= 4 is 27.5 Å². The molecule has 0 radical (unpaired) electrons. The number of nitrogens with two attached hydrogens (primary N) is 1. The maximum atomic E-state index is 14.0. The zero-order valence-corrected chi connectivity index (χ0v) is 23.2. The van der Waals surface area contributed by atoms with E-state index in [0.717, 1.165) is 15.9 Å². The molecule has 0 saturated carbocycles. The summed E-state index contributed by atoms with van der Waals surface area (Å²) in [6.45, 7) is 4.50. The molecule has 1 atom stereocenters. The van der Waals surface area contributed by atoms with E-state index >= 15 is 0 Å². The largest absolute Gasteiger partial charge is 0.444 e. The molecule has 4 rings (SSSR count). The van der Waals surface area contributed by atoms with Crippen molar-refractivity contribution < 1.29 is 32.3 Å². The Balaban J connectivity index is 2.04. The van der Waals surface area contributed by atoms with E-state index in [2.05, 4.69) is 9.82 Å². The first kappa shape index (κ1) is 29.1. The normalized spacial score (nSPS) is 12.8. The number of rotatable bonds is 10. The van der Waals surface area contributed by atoms with Crippen LogP contribution < -0.4 is 21.9 Å². The first-order valence-electron chi connectivity index (χ1n) is 12.2. The zero-order chi connectivity index (χ0) is 29.4. The minimum atomic E-state index is -3.09. The topological polar surface area (TPSA) is 141 Å². The second-order valence-corrected chi connectivity index (χ2v) is 10.7. The summed E-state index contributed by atoms with van der Waals surface area (Å²) in [7, 11) is 0. The highest BCUT2D eigenvalue weighted by atomic mass is 32.1. The van der Waals surface area contributed by atoms with Crippen molar-refractivity contribution in [3.8, 4) is 16.5 Å². The van der Waals surface area contributed by atoms with Crippen molar-refractivity contribution in [3.63, 3.8) is 0 Å². The number of ether oxygens (including phenoxy) is 2. The Morgan fingerprint density at radius 3 is 2.52 bits per heavy atom. The van der Waals surface area contributed by atoms with Gasteiger partial charge >= 0.3 is 18.3 Å². The van der Waals surface area contributed by atoms with E-state index in [9.17, 15) is 23.2 Å². The summed E-state index contributed by atoms with van der Waals surface area (Å²) < 4.78 is 44.7. The van der Waals surface area contributed by atoms with E-state index in [0.29, 0.717) is 10.4 Å². The fourth-order valence-corrected chi connectivity index (χ4v) is 5.68. The fourth-order valence-electron chi connectivity index (χ4n) is 4.43. The predicted molar refractivity (Wildman–Crippen MR) is 142 cm³/mol. The molecule has 11 nitrogen and oxygen atoms in total. The van der Waals surface area contributed by atoms with Crippen LogP contribution in [0.4, 0.5) is 8.78 Å². The molecule has 214 valence electrons. The van der Waals surface area contributed by atoms with Gasteiger partial charge in [-0.2, -0.15) is 14.7 Å². The lowest BCUT2D eigenvalue weighted by Gasteiger charge is -2.27. The number of aryl methyl sites for hydroxylation is 1. The number of carbonyl (C=O) groups excluding carboxylic acids is 1. The molecule has 40 heavy (non-hydrogen) atoms. The summed E-state index contributed by atoms with van der Waals surface area (Å²) >= 11 is 1.09. The minimum absolute atomic E-state index is 0.129. The smallest absolute Gasteiger partial charge is 0.387 e. The van der Waals surface area contributed by atoms with Crippen LogP contribution in [0.1, 0.15) is 44.9 Å². The van der Waals surface area contributed by atoms with Gasteiger partial charge in [0, 0.05) is 5.56 Å². The average molecular weight is 579 g/mol. The van der Waals surface area contributed by atoms with Crippen LogP contribution in [0.15, 0.2) is 50.7 Å².